The fourth-order valence-electron chi connectivity index (χ4n) is 3.13. The number of hydrogen-bond donors (Lipinski definition) is 0. The van der Waals surface area contributed by atoms with Crippen LogP contribution in [-0.4, -0.2) is 59.0 Å². The first-order chi connectivity index (χ1) is 11.5. The van der Waals surface area contributed by atoms with Crippen molar-refractivity contribution in [3.8, 4) is 0 Å². The summed E-state index contributed by atoms with van der Waals surface area (Å²) in [4.78, 5) is 22.1. The summed E-state index contributed by atoms with van der Waals surface area (Å²) in [6.45, 7) is 3.44. The molecule has 0 saturated carbocycles. The number of likely N-dealkylation sites (N-methyl/N-ethyl adjacent to an activating group) is 1. The topological polar surface area (TPSA) is 41.4 Å². The molecule has 2 aromatic heterocycles. The number of halogens is 1. The average molecular weight is 367 g/mol. The molecule has 0 N–H and O–H groups in total. The van der Waals surface area contributed by atoms with Crippen LogP contribution >= 0.6 is 22.9 Å². The Morgan fingerprint density at radius 1 is 1.46 bits per heavy atom. The Labute approximate surface area is 151 Å². The number of carbonyl (C=O) groups excluding carboxylic acids is 1. The van der Waals surface area contributed by atoms with E-state index in [4.69, 9.17) is 11.6 Å². The smallest absolute Gasteiger partial charge is 0.263 e. The van der Waals surface area contributed by atoms with E-state index in [-0.39, 0.29) is 5.91 Å². The number of nitrogens with zero attached hydrogens (tertiary/aromatic N) is 4. The van der Waals surface area contributed by atoms with Gasteiger partial charge < -0.3 is 14.4 Å². The molecule has 1 aliphatic heterocycles. The van der Waals surface area contributed by atoms with Gasteiger partial charge in [-0.2, -0.15) is 0 Å². The first-order valence-corrected chi connectivity index (χ1v) is 9.44. The molecular weight excluding hydrogens is 344 g/mol. The molecular formula is C17H23ClN4OS. The normalized spacial score (nSPS) is 18.3. The zero-order valence-electron chi connectivity index (χ0n) is 14.1. The van der Waals surface area contributed by atoms with Crippen molar-refractivity contribution < 1.29 is 4.79 Å². The van der Waals surface area contributed by atoms with E-state index < -0.39 is 0 Å². The monoisotopic (exact) mass is 366 g/mol. The number of carbonyl (C=O) groups is 1. The molecule has 1 atom stereocenters. The second-order valence-corrected chi connectivity index (χ2v) is 8.19. The third-order valence-corrected chi connectivity index (χ3v) is 5.61. The number of piperidine rings is 1. The van der Waals surface area contributed by atoms with E-state index in [0.29, 0.717) is 10.3 Å². The summed E-state index contributed by atoms with van der Waals surface area (Å²) in [5.41, 5.74) is 0. The molecule has 24 heavy (non-hydrogen) atoms. The highest BCUT2D eigenvalue weighted by Crippen LogP contribution is 2.29. The molecule has 0 spiro atoms. The fourth-order valence-corrected chi connectivity index (χ4v) is 4.15. The first-order valence-electron chi connectivity index (χ1n) is 8.25. The van der Waals surface area contributed by atoms with Gasteiger partial charge in [0, 0.05) is 44.5 Å². The molecule has 1 aliphatic rings. The molecule has 1 fully saturated rings. The third kappa shape index (κ3) is 3.99. The van der Waals surface area contributed by atoms with Crippen molar-refractivity contribution >= 4 is 28.8 Å². The van der Waals surface area contributed by atoms with E-state index in [9.17, 15) is 4.79 Å². The molecule has 0 aromatic carbocycles. The molecule has 0 aliphatic carbocycles. The highest BCUT2D eigenvalue weighted by Gasteiger charge is 2.28. The van der Waals surface area contributed by atoms with Crippen LogP contribution in [0.25, 0.3) is 0 Å². The van der Waals surface area contributed by atoms with Crippen LogP contribution in [0.2, 0.25) is 4.34 Å². The van der Waals surface area contributed by atoms with E-state index in [2.05, 4.69) is 28.5 Å². The fraction of sp³-hybridized carbons (Fsp3) is 0.529. The van der Waals surface area contributed by atoms with Crippen molar-refractivity contribution in [3.63, 3.8) is 0 Å². The van der Waals surface area contributed by atoms with Crippen LogP contribution in [0.3, 0.4) is 0 Å². The lowest BCUT2D eigenvalue weighted by atomic mass is 9.97. The number of thiophene rings is 1. The van der Waals surface area contributed by atoms with Crippen LogP contribution in [0.15, 0.2) is 24.5 Å². The average Bonchev–Trinajstić information content (AvgIpc) is 3.21. The van der Waals surface area contributed by atoms with E-state index >= 15 is 0 Å². The third-order valence-electron chi connectivity index (χ3n) is 4.39. The van der Waals surface area contributed by atoms with Gasteiger partial charge in [-0.25, -0.2) is 4.98 Å². The summed E-state index contributed by atoms with van der Waals surface area (Å²) in [6, 6.07) is 3.60. The van der Waals surface area contributed by atoms with Gasteiger partial charge >= 0.3 is 0 Å². The zero-order valence-corrected chi connectivity index (χ0v) is 15.7. The summed E-state index contributed by atoms with van der Waals surface area (Å²) < 4.78 is 2.88. The quantitative estimate of drug-likeness (QED) is 0.816. The molecule has 0 unspecified atom stereocenters. The predicted octanol–water partition coefficient (Wildman–Crippen LogP) is 3.18. The van der Waals surface area contributed by atoms with Crippen LogP contribution in [0.4, 0.5) is 0 Å². The number of hydrogen-bond acceptors (Lipinski definition) is 4. The lowest BCUT2D eigenvalue weighted by Gasteiger charge is -2.32. The van der Waals surface area contributed by atoms with E-state index in [1.165, 1.54) is 11.3 Å². The minimum atomic E-state index is 0.0861. The number of rotatable bonds is 5. The van der Waals surface area contributed by atoms with Crippen molar-refractivity contribution in [2.24, 2.45) is 0 Å². The molecule has 3 rings (SSSR count). The number of imidazole rings is 1. The van der Waals surface area contributed by atoms with E-state index in [1.54, 1.807) is 6.07 Å². The molecule has 5 nitrogen and oxygen atoms in total. The minimum Gasteiger partial charge on any atom is -0.337 e. The van der Waals surface area contributed by atoms with Crippen molar-refractivity contribution in [3.05, 3.63) is 39.6 Å². The molecule has 130 valence electrons. The predicted molar refractivity (Wildman–Crippen MR) is 98.0 cm³/mol. The molecule has 1 saturated heterocycles. The largest absolute Gasteiger partial charge is 0.337 e. The highest BCUT2D eigenvalue weighted by atomic mass is 35.5. The lowest BCUT2D eigenvalue weighted by Crippen LogP contribution is -2.39. The van der Waals surface area contributed by atoms with Crippen LogP contribution in [0.1, 0.15) is 34.3 Å². The highest BCUT2D eigenvalue weighted by molar-refractivity contribution is 7.17. The van der Waals surface area contributed by atoms with Gasteiger partial charge in [0.15, 0.2) is 0 Å². The molecule has 0 bridgehead atoms. The van der Waals surface area contributed by atoms with E-state index in [0.717, 1.165) is 49.7 Å². The van der Waals surface area contributed by atoms with Gasteiger partial charge in [-0.1, -0.05) is 11.6 Å². The van der Waals surface area contributed by atoms with Gasteiger partial charge in [0.1, 0.15) is 5.82 Å². The van der Waals surface area contributed by atoms with Crippen LogP contribution in [0.5, 0.6) is 0 Å². The summed E-state index contributed by atoms with van der Waals surface area (Å²) in [5.74, 6) is 1.48. The van der Waals surface area contributed by atoms with E-state index in [1.807, 2.05) is 23.4 Å². The van der Waals surface area contributed by atoms with Gasteiger partial charge in [0.25, 0.3) is 5.91 Å². The molecule has 1 amide bonds. The Morgan fingerprint density at radius 2 is 2.29 bits per heavy atom. The number of likely N-dealkylation sites (tertiary alicyclic amines) is 1. The molecule has 3 heterocycles. The Hall–Kier alpha value is -1.37. The Bertz CT molecular complexity index is 696. The first kappa shape index (κ1) is 17.5. The summed E-state index contributed by atoms with van der Waals surface area (Å²) in [5, 5.41) is 0. The molecule has 7 heteroatoms. The van der Waals surface area contributed by atoms with Crippen LogP contribution in [0, 0.1) is 0 Å². The number of aromatic nitrogens is 2. The van der Waals surface area contributed by atoms with Crippen molar-refractivity contribution in [1.82, 2.24) is 19.4 Å². The lowest BCUT2D eigenvalue weighted by molar-refractivity contribution is 0.0708. The maximum Gasteiger partial charge on any atom is 0.263 e. The Morgan fingerprint density at radius 3 is 3.00 bits per heavy atom. The van der Waals surface area contributed by atoms with Gasteiger partial charge in [0.2, 0.25) is 0 Å². The van der Waals surface area contributed by atoms with Gasteiger partial charge in [0.05, 0.1) is 9.21 Å². The van der Waals surface area contributed by atoms with Crippen molar-refractivity contribution in [2.75, 3.05) is 33.7 Å². The summed E-state index contributed by atoms with van der Waals surface area (Å²) in [7, 11) is 4.15. The maximum absolute atomic E-state index is 12.7. The summed E-state index contributed by atoms with van der Waals surface area (Å²) in [6.07, 6.45) is 5.99. The van der Waals surface area contributed by atoms with Gasteiger partial charge in [-0.15, -0.1) is 11.3 Å². The molecule has 0 radical (unpaired) electrons. The minimum absolute atomic E-state index is 0.0861. The second-order valence-electron chi connectivity index (χ2n) is 6.48. The SMILES string of the molecule is CN(C)CCn1ccnc1[C@@H]1CCCN(C(=O)c2ccc(Cl)s2)C1. The maximum atomic E-state index is 12.7. The summed E-state index contributed by atoms with van der Waals surface area (Å²) >= 11 is 7.32. The molecule has 2 aromatic rings. The zero-order chi connectivity index (χ0) is 17.1. The Balaban J connectivity index is 1.70. The van der Waals surface area contributed by atoms with Crippen molar-refractivity contribution in [2.45, 2.75) is 25.3 Å². The van der Waals surface area contributed by atoms with Gasteiger partial charge in [-0.3, -0.25) is 4.79 Å². The number of amides is 1. The van der Waals surface area contributed by atoms with Crippen LogP contribution in [-0.2, 0) is 6.54 Å². The van der Waals surface area contributed by atoms with Crippen LogP contribution < -0.4 is 0 Å². The van der Waals surface area contributed by atoms with Crippen molar-refractivity contribution in [1.29, 1.82) is 0 Å². The standard InChI is InChI=1S/C17H23ClN4OS/c1-20(2)10-11-21-9-7-19-16(21)13-4-3-8-22(12-13)17(23)14-5-6-15(18)24-14/h5-7,9,13H,3-4,8,10-12H2,1-2H3/t13-/m1/s1. The van der Waals surface area contributed by atoms with Gasteiger partial charge in [-0.05, 0) is 39.1 Å². The Kier molecular flexibility index (Phi) is 5.58. The second kappa shape index (κ2) is 7.68.